The largest absolute Gasteiger partial charge is 0.543 e. The van der Waals surface area contributed by atoms with Gasteiger partial charge in [-0.15, -0.1) is 0 Å². The van der Waals surface area contributed by atoms with Gasteiger partial charge in [0.1, 0.15) is 11.5 Å². The molecule has 0 aromatic heterocycles. The molecule has 188 valence electrons. The maximum absolute atomic E-state index is 10.4. The van der Waals surface area contributed by atoms with Crippen molar-refractivity contribution in [3.63, 3.8) is 0 Å². The molecule has 0 aliphatic rings. The second-order valence-electron chi connectivity index (χ2n) is 8.74. The van der Waals surface area contributed by atoms with Crippen molar-refractivity contribution in [3.8, 4) is 11.5 Å². The average Bonchev–Trinajstić information content (AvgIpc) is 2.68. The summed E-state index contributed by atoms with van der Waals surface area (Å²) < 4.78 is 6.33. The number of aliphatic hydroxyl groups is 1. The summed E-state index contributed by atoms with van der Waals surface area (Å²) in [6.07, 6.45) is 1.37. The molecule has 7 nitrogen and oxygen atoms in total. The summed E-state index contributed by atoms with van der Waals surface area (Å²) in [5, 5.41) is 27.4. The van der Waals surface area contributed by atoms with Crippen LogP contribution in [0.15, 0.2) is 36.4 Å². The summed E-state index contributed by atoms with van der Waals surface area (Å²) in [7, 11) is -1.77. The van der Waals surface area contributed by atoms with Gasteiger partial charge in [0.15, 0.2) is 0 Å². The molecular weight excluding hydrogens is 436 g/mol. The third kappa shape index (κ3) is 9.83. The van der Waals surface area contributed by atoms with E-state index in [2.05, 4.69) is 40.8 Å². The molecule has 0 aliphatic heterocycles. The second-order valence-corrected chi connectivity index (χ2v) is 13.5. The van der Waals surface area contributed by atoms with Crippen LogP contribution in [0.2, 0.25) is 18.1 Å². The van der Waals surface area contributed by atoms with Crippen LogP contribution in [0.5, 0.6) is 11.5 Å². The van der Waals surface area contributed by atoms with Crippen LogP contribution in [0.1, 0.15) is 60.1 Å². The second kappa shape index (κ2) is 14.5. The predicted molar refractivity (Wildman–Crippen MR) is 142 cm³/mol. The van der Waals surface area contributed by atoms with Crippen molar-refractivity contribution in [2.24, 2.45) is 0 Å². The smallest absolute Gasteiger partial charge is 0.276 e. The van der Waals surface area contributed by atoms with E-state index in [1.807, 2.05) is 18.2 Å². The topological polar surface area (TPSA) is 119 Å². The Hall–Kier alpha value is -2.58. The molecule has 0 radical (unpaired) electrons. The number of hydrogen-bond acceptors (Lipinski definition) is 6. The van der Waals surface area contributed by atoms with E-state index in [0.717, 1.165) is 23.4 Å². The monoisotopic (exact) mass is 480 g/mol. The van der Waals surface area contributed by atoms with Crippen molar-refractivity contribution < 1.29 is 19.6 Å². The Morgan fingerprint density at radius 2 is 1.52 bits per heavy atom. The van der Waals surface area contributed by atoms with E-state index in [1.54, 1.807) is 13.8 Å². The lowest BCUT2D eigenvalue weighted by molar-refractivity contribution is -0.385. The molecule has 0 spiro atoms. The van der Waals surface area contributed by atoms with Gasteiger partial charge >= 0.3 is 0 Å². The fourth-order valence-corrected chi connectivity index (χ4v) is 3.63. The predicted octanol–water partition coefficient (Wildman–Crippen LogP) is 6.71. The fourth-order valence-electron chi connectivity index (χ4n) is 2.58. The van der Waals surface area contributed by atoms with E-state index in [4.69, 9.17) is 15.3 Å². The van der Waals surface area contributed by atoms with Gasteiger partial charge in [-0.3, -0.25) is 10.1 Å². The standard InChI is InChI=1S/C14H25NOSi.C8H9NO3.C2H6O.CH4/c1-7-11-12(15)9-8-10-13(11)16-17(5,6)14(2,3)4;1-2-6-7(9(11)12)4-3-5-8(6)10;1-2-3;/h8-10H,7,15H2,1-6H3;3-5,10H,2H2,1H3;3H,2H2,1H3;1H4. The third-order valence-corrected chi connectivity index (χ3v) is 9.71. The lowest BCUT2D eigenvalue weighted by Crippen LogP contribution is -2.44. The van der Waals surface area contributed by atoms with Crippen molar-refractivity contribution in [3.05, 3.63) is 57.6 Å². The van der Waals surface area contributed by atoms with E-state index in [1.165, 1.54) is 18.2 Å². The summed E-state index contributed by atoms with van der Waals surface area (Å²) in [4.78, 5) is 9.94. The number of nitro groups is 1. The summed E-state index contributed by atoms with van der Waals surface area (Å²) in [5.74, 6) is 0.964. The average molecular weight is 481 g/mol. The SMILES string of the molecule is C.CCO.CCc1c(N)cccc1O[Si](C)(C)C(C)(C)C.CCc1c(O)cccc1[N+](=O)[O-]. The minimum Gasteiger partial charge on any atom is -0.543 e. The first-order valence-corrected chi connectivity index (χ1v) is 13.8. The molecule has 4 N–H and O–H groups in total. The zero-order valence-corrected chi connectivity index (χ0v) is 21.7. The van der Waals surface area contributed by atoms with Gasteiger partial charge in [0.05, 0.1) is 10.5 Å². The number of nitro benzene ring substituents is 1. The number of aromatic hydroxyl groups is 1. The van der Waals surface area contributed by atoms with Crippen LogP contribution in [0.25, 0.3) is 0 Å². The highest BCUT2D eigenvalue weighted by Gasteiger charge is 2.39. The molecule has 0 heterocycles. The molecule has 0 aliphatic carbocycles. The summed E-state index contributed by atoms with van der Waals surface area (Å²) in [6, 6.07) is 10.3. The van der Waals surface area contributed by atoms with E-state index >= 15 is 0 Å². The number of aliphatic hydroxyl groups excluding tert-OH is 1. The zero-order valence-electron chi connectivity index (χ0n) is 20.7. The molecule has 0 atom stereocenters. The molecule has 0 unspecified atom stereocenters. The molecule has 0 saturated heterocycles. The Labute approximate surface area is 200 Å². The Balaban J connectivity index is 0. The van der Waals surface area contributed by atoms with Crippen LogP contribution in [0, 0.1) is 10.1 Å². The van der Waals surface area contributed by atoms with Gasteiger partial charge in [0.25, 0.3) is 5.69 Å². The van der Waals surface area contributed by atoms with Gasteiger partial charge in [-0.25, -0.2) is 0 Å². The number of benzene rings is 2. The summed E-state index contributed by atoms with van der Waals surface area (Å²) in [5.41, 5.74) is 8.34. The Morgan fingerprint density at radius 1 is 1.03 bits per heavy atom. The number of nitrogens with zero attached hydrogens (tertiary/aromatic N) is 1. The molecule has 0 amide bonds. The van der Waals surface area contributed by atoms with Crippen molar-refractivity contribution in [1.29, 1.82) is 0 Å². The molecular formula is C25H44N2O5Si. The lowest BCUT2D eigenvalue weighted by Gasteiger charge is -2.37. The highest BCUT2D eigenvalue weighted by atomic mass is 28.4. The van der Waals surface area contributed by atoms with E-state index < -0.39 is 13.2 Å². The molecule has 2 aromatic rings. The van der Waals surface area contributed by atoms with Crippen molar-refractivity contribution in [2.45, 2.75) is 79.9 Å². The van der Waals surface area contributed by atoms with Crippen LogP contribution in [-0.4, -0.2) is 30.1 Å². The van der Waals surface area contributed by atoms with Gasteiger partial charge < -0.3 is 20.4 Å². The van der Waals surface area contributed by atoms with Gasteiger partial charge in [-0.05, 0) is 56.1 Å². The maximum Gasteiger partial charge on any atom is 0.276 e. The Bertz CT molecular complexity index is 864. The number of phenolic OH excluding ortho intramolecular Hbond substituents is 1. The fraction of sp³-hybridized carbons (Fsp3) is 0.520. The number of phenols is 1. The Kier molecular flexibility index (Phi) is 14.4. The van der Waals surface area contributed by atoms with Crippen LogP contribution in [0.3, 0.4) is 0 Å². The van der Waals surface area contributed by atoms with Crippen molar-refractivity contribution in [1.82, 2.24) is 0 Å². The number of nitrogen functional groups attached to an aromatic ring is 1. The third-order valence-electron chi connectivity index (χ3n) is 5.37. The van der Waals surface area contributed by atoms with Crippen molar-refractivity contribution >= 4 is 19.7 Å². The van der Waals surface area contributed by atoms with Gasteiger partial charge in [0, 0.05) is 23.9 Å². The van der Waals surface area contributed by atoms with E-state index in [9.17, 15) is 15.2 Å². The first kappa shape index (κ1) is 32.6. The van der Waals surface area contributed by atoms with E-state index in [-0.39, 0.29) is 30.5 Å². The first-order chi connectivity index (χ1) is 14.8. The van der Waals surface area contributed by atoms with Crippen LogP contribution in [-0.2, 0) is 12.8 Å². The van der Waals surface area contributed by atoms with Gasteiger partial charge in [-0.1, -0.05) is 54.2 Å². The number of nitrogens with two attached hydrogens (primary N) is 1. The van der Waals surface area contributed by atoms with Gasteiger partial charge in [-0.2, -0.15) is 0 Å². The molecule has 0 bridgehead atoms. The normalized spacial score (nSPS) is 10.6. The van der Waals surface area contributed by atoms with Crippen molar-refractivity contribution in [2.75, 3.05) is 12.3 Å². The molecule has 0 saturated carbocycles. The number of hydrogen-bond donors (Lipinski definition) is 3. The first-order valence-electron chi connectivity index (χ1n) is 10.9. The molecule has 2 rings (SSSR count). The molecule has 0 fully saturated rings. The summed E-state index contributed by atoms with van der Waals surface area (Å²) in [6.45, 7) is 17.1. The quantitative estimate of drug-likeness (QED) is 0.189. The molecule has 8 heteroatoms. The lowest BCUT2D eigenvalue weighted by atomic mass is 10.1. The number of rotatable bonds is 5. The summed E-state index contributed by atoms with van der Waals surface area (Å²) >= 11 is 0. The van der Waals surface area contributed by atoms with Crippen LogP contribution < -0.4 is 10.2 Å². The molecule has 2 aromatic carbocycles. The minimum atomic E-state index is -1.77. The van der Waals surface area contributed by atoms with E-state index in [0.29, 0.717) is 12.0 Å². The highest BCUT2D eigenvalue weighted by Crippen LogP contribution is 2.39. The Morgan fingerprint density at radius 3 is 1.91 bits per heavy atom. The van der Waals surface area contributed by atoms with Crippen LogP contribution >= 0.6 is 0 Å². The van der Waals surface area contributed by atoms with Gasteiger partial charge in [0.2, 0.25) is 8.32 Å². The van der Waals surface area contributed by atoms with Crippen LogP contribution in [0.4, 0.5) is 11.4 Å². The molecule has 33 heavy (non-hydrogen) atoms. The minimum absolute atomic E-state index is 0. The zero-order chi connectivity index (χ0) is 25.1. The highest BCUT2D eigenvalue weighted by molar-refractivity contribution is 6.74. The maximum atomic E-state index is 10.4. The number of anilines is 1.